The molecule has 6 heteroatoms. The maximum absolute atomic E-state index is 11.7. The number of rotatable bonds is 11. The maximum atomic E-state index is 11.7. The van der Waals surface area contributed by atoms with Gasteiger partial charge in [0.15, 0.2) is 6.29 Å². The first-order chi connectivity index (χ1) is 17.1. The van der Waals surface area contributed by atoms with E-state index >= 15 is 0 Å². The maximum Gasteiger partial charge on any atom is 0.186 e. The Hall–Kier alpha value is -2.58. The van der Waals surface area contributed by atoms with Crippen molar-refractivity contribution in [2.45, 2.75) is 56.9 Å². The van der Waals surface area contributed by atoms with Crippen molar-refractivity contribution in [1.29, 1.82) is 0 Å². The summed E-state index contributed by atoms with van der Waals surface area (Å²) >= 11 is 0. The summed E-state index contributed by atoms with van der Waals surface area (Å²) in [7, 11) is 1.57. The number of hydrogen-bond donors (Lipinski definition) is 1. The molecule has 4 rings (SSSR count). The SMILES string of the molecule is CO[C@H]1O[C@H](COCc2ccccc2)[C@@](C)(O)[C@H](OCc2ccccc2)[C@H]1OCc1ccccc1. The number of benzene rings is 3. The lowest BCUT2D eigenvalue weighted by atomic mass is 9.85. The highest BCUT2D eigenvalue weighted by Gasteiger charge is 2.54. The van der Waals surface area contributed by atoms with Crippen LogP contribution in [0.15, 0.2) is 91.0 Å². The van der Waals surface area contributed by atoms with Crippen LogP contribution in [0.3, 0.4) is 0 Å². The van der Waals surface area contributed by atoms with Crippen LogP contribution >= 0.6 is 0 Å². The molecule has 3 aromatic rings. The zero-order valence-electron chi connectivity index (χ0n) is 20.3. The fourth-order valence-corrected chi connectivity index (χ4v) is 4.25. The quantitative estimate of drug-likeness (QED) is 0.438. The highest BCUT2D eigenvalue weighted by atomic mass is 16.7. The zero-order chi connectivity index (χ0) is 24.5. The number of methoxy groups -OCH3 is 1. The standard InChI is InChI=1S/C29H34O6/c1-29(30)25(21-32-18-22-12-6-3-7-13-22)35-28(31-2)26(33-19-23-14-8-4-9-15-23)27(29)34-20-24-16-10-5-11-17-24/h3-17,25-28,30H,18-21H2,1-2H3/t25-,26-,27-,28+,29-/m1/s1. The Morgan fingerprint density at radius 2 is 1.23 bits per heavy atom. The molecule has 6 nitrogen and oxygen atoms in total. The van der Waals surface area contributed by atoms with Crippen LogP contribution in [0.4, 0.5) is 0 Å². The van der Waals surface area contributed by atoms with Crippen LogP contribution < -0.4 is 0 Å². The summed E-state index contributed by atoms with van der Waals surface area (Å²) in [5, 5.41) is 11.7. The van der Waals surface area contributed by atoms with Gasteiger partial charge < -0.3 is 28.8 Å². The van der Waals surface area contributed by atoms with Gasteiger partial charge in [0, 0.05) is 7.11 Å². The summed E-state index contributed by atoms with van der Waals surface area (Å²) in [4.78, 5) is 0. The predicted molar refractivity (Wildman–Crippen MR) is 132 cm³/mol. The Morgan fingerprint density at radius 1 is 0.743 bits per heavy atom. The highest BCUT2D eigenvalue weighted by molar-refractivity contribution is 5.15. The van der Waals surface area contributed by atoms with Crippen LogP contribution in [0.1, 0.15) is 23.6 Å². The zero-order valence-corrected chi connectivity index (χ0v) is 20.3. The van der Waals surface area contributed by atoms with Gasteiger partial charge in [-0.1, -0.05) is 91.0 Å². The molecule has 1 saturated heterocycles. The Kier molecular flexibility index (Phi) is 9.04. The molecule has 0 amide bonds. The molecular formula is C29H34O6. The van der Waals surface area contributed by atoms with Gasteiger partial charge in [-0.15, -0.1) is 0 Å². The summed E-state index contributed by atoms with van der Waals surface area (Å²) in [6.07, 6.45) is -2.77. The molecule has 0 saturated carbocycles. The van der Waals surface area contributed by atoms with E-state index in [9.17, 15) is 5.11 Å². The molecule has 1 aliphatic heterocycles. The third-order valence-corrected chi connectivity index (χ3v) is 6.26. The molecule has 0 radical (unpaired) electrons. The van der Waals surface area contributed by atoms with Crippen molar-refractivity contribution >= 4 is 0 Å². The smallest absolute Gasteiger partial charge is 0.186 e. The van der Waals surface area contributed by atoms with Gasteiger partial charge >= 0.3 is 0 Å². The van der Waals surface area contributed by atoms with E-state index in [4.69, 9.17) is 23.7 Å². The fourth-order valence-electron chi connectivity index (χ4n) is 4.25. The largest absolute Gasteiger partial charge is 0.385 e. The van der Waals surface area contributed by atoms with Gasteiger partial charge in [0.2, 0.25) is 0 Å². The Labute approximate surface area is 207 Å². The van der Waals surface area contributed by atoms with E-state index < -0.39 is 30.2 Å². The summed E-state index contributed by atoms with van der Waals surface area (Å²) in [6.45, 7) is 2.96. The molecule has 0 spiro atoms. The van der Waals surface area contributed by atoms with Gasteiger partial charge in [0.25, 0.3) is 0 Å². The Bertz CT molecular complexity index is 995. The van der Waals surface area contributed by atoms with Gasteiger partial charge in [0.1, 0.15) is 23.9 Å². The summed E-state index contributed by atoms with van der Waals surface area (Å²) in [6, 6.07) is 29.6. The van der Waals surface area contributed by atoms with Gasteiger partial charge in [-0.2, -0.15) is 0 Å². The third-order valence-electron chi connectivity index (χ3n) is 6.26. The highest BCUT2D eigenvalue weighted by Crippen LogP contribution is 2.35. The molecule has 35 heavy (non-hydrogen) atoms. The Balaban J connectivity index is 1.50. The van der Waals surface area contributed by atoms with Crippen molar-refractivity contribution in [3.8, 4) is 0 Å². The van der Waals surface area contributed by atoms with Gasteiger partial charge in [-0.05, 0) is 23.6 Å². The first kappa shape index (κ1) is 25.5. The minimum atomic E-state index is -1.39. The van der Waals surface area contributed by atoms with Gasteiger partial charge in [-0.25, -0.2) is 0 Å². The number of aliphatic hydroxyl groups is 1. The normalized spacial score (nSPS) is 26.5. The first-order valence-electron chi connectivity index (χ1n) is 11.9. The third kappa shape index (κ3) is 6.76. The van der Waals surface area contributed by atoms with E-state index in [1.807, 2.05) is 91.0 Å². The second-order valence-corrected chi connectivity index (χ2v) is 8.93. The molecule has 0 bridgehead atoms. The minimum absolute atomic E-state index is 0.179. The molecule has 0 aromatic heterocycles. The second kappa shape index (κ2) is 12.4. The van der Waals surface area contributed by atoms with Crippen LogP contribution in [0.2, 0.25) is 0 Å². The molecule has 1 fully saturated rings. The first-order valence-corrected chi connectivity index (χ1v) is 11.9. The van der Waals surface area contributed by atoms with Crippen molar-refractivity contribution in [1.82, 2.24) is 0 Å². The molecule has 186 valence electrons. The lowest BCUT2D eigenvalue weighted by molar-refractivity contribution is -0.341. The monoisotopic (exact) mass is 478 g/mol. The molecule has 1 aliphatic rings. The van der Waals surface area contributed by atoms with E-state index in [1.54, 1.807) is 14.0 Å². The van der Waals surface area contributed by atoms with Crippen molar-refractivity contribution in [2.24, 2.45) is 0 Å². The number of ether oxygens (including phenoxy) is 5. The van der Waals surface area contributed by atoms with E-state index in [0.29, 0.717) is 19.8 Å². The average molecular weight is 479 g/mol. The van der Waals surface area contributed by atoms with Crippen LogP contribution in [0, 0.1) is 0 Å². The van der Waals surface area contributed by atoms with Crippen molar-refractivity contribution in [3.05, 3.63) is 108 Å². The van der Waals surface area contributed by atoms with Crippen molar-refractivity contribution in [2.75, 3.05) is 13.7 Å². The average Bonchev–Trinajstić information content (AvgIpc) is 2.89. The van der Waals surface area contributed by atoms with Crippen molar-refractivity contribution in [3.63, 3.8) is 0 Å². The molecular weight excluding hydrogens is 444 g/mol. The topological polar surface area (TPSA) is 66.4 Å². The van der Waals surface area contributed by atoms with Crippen LogP contribution in [-0.2, 0) is 43.5 Å². The summed E-state index contributed by atoms with van der Waals surface area (Å²) < 4.78 is 30.3. The van der Waals surface area contributed by atoms with E-state index in [-0.39, 0.29) is 6.61 Å². The molecule has 5 atom stereocenters. The van der Waals surface area contributed by atoms with Gasteiger partial charge in [-0.3, -0.25) is 0 Å². The molecule has 0 unspecified atom stereocenters. The fraction of sp³-hybridized carbons (Fsp3) is 0.379. The molecule has 3 aromatic carbocycles. The van der Waals surface area contributed by atoms with E-state index in [0.717, 1.165) is 16.7 Å². The Morgan fingerprint density at radius 3 is 1.74 bits per heavy atom. The molecule has 1 heterocycles. The van der Waals surface area contributed by atoms with Crippen LogP contribution in [0.25, 0.3) is 0 Å². The molecule has 1 N–H and O–H groups in total. The predicted octanol–water partition coefficient (Wildman–Crippen LogP) is 4.50. The lowest BCUT2D eigenvalue weighted by Gasteiger charge is -2.49. The minimum Gasteiger partial charge on any atom is -0.385 e. The van der Waals surface area contributed by atoms with Crippen LogP contribution in [0.5, 0.6) is 0 Å². The van der Waals surface area contributed by atoms with Crippen molar-refractivity contribution < 1.29 is 28.8 Å². The van der Waals surface area contributed by atoms with Crippen LogP contribution in [-0.4, -0.2) is 49.0 Å². The molecule has 0 aliphatic carbocycles. The van der Waals surface area contributed by atoms with E-state index in [2.05, 4.69) is 0 Å². The number of hydrogen-bond acceptors (Lipinski definition) is 6. The lowest BCUT2D eigenvalue weighted by Crippen LogP contribution is -2.67. The summed E-state index contributed by atoms with van der Waals surface area (Å²) in [5.41, 5.74) is 1.67. The van der Waals surface area contributed by atoms with E-state index in [1.165, 1.54) is 0 Å². The van der Waals surface area contributed by atoms with Gasteiger partial charge in [0.05, 0.1) is 26.4 Å². The second-order valence-electron chi connectivity index (χ2n) is 8.93. The summed E-state index contributed by atoms with van der Waals surface area (Å²) in [5.74, 6) is 0.